The van der Waals surface area contributed by atoms with Crippen molar-refractivity contribution < 1.29 is 4.79 Å². The largest absolute Gasteiger partial charge is 0.356 e. The quantitative estimate of drug-likeness (QED) is 0.239. The van der Waals surface area contributed by atoms with E-state index >= 15 is 0 Å². The van der Waals surface area contributed by atoms with Gasteiger partial charge in [0, 0.05) is 13.0 Å². The summed E-state index contributed by atoms with van der Waals surface area (Å²) in [6.07, 6.45) is 23.5. The molecule has 23 heavy (non-hydrogen) atoms. The van der Waals surface area contributed by atoms with Crippen LogP contribution in [-0.2, 0) is 4.79 Å². The van der Waals surface area contributed by atoms with Crippen molar-refractivity contribution in [2.24, 2.45) is 0 Å². The monoisotopic (exact) mass is 323 g/mol. The first kappa shape index (κ1) is 22.2. The SMILES string of the molecule is CCCCCCCC/C=C/CCCCCCCNC(=O)CCC. The summed E-state index contributed by atoms with van der Waals surface area (Å²) in [4.78, 5) is 11.3. The minimum absolute atomic E-state index is 0.211. The lowest BCUT2D eigenvalue weighted by Gasteiger charge is -2.04. The zero-order valence-corrected chi connectivity index (χ0v) is 15.9. The lowest BCUT2D eigenvalue weighted by molar-refractivity contribution is -0.121. The molecule has 1 amide bonds. The first-order chi connectivity index (χ1) is 11.3. The van der Waals surface area contributed by atoms with Gasteiger partial charge in [0.05, 0.1) is 0 Å². The Kier molecular flexibility index (Phi) is 18.6. The lowest BCUT2D eigenvalue weighted by atomic mass is 10.1. The topological polar surface area (TPSA) is 29.1 Å². The van der Waals surface area contributed by atoms with E-state index in [1.807, 2.05) is 6.92 Å². The third-order valence-electron chi connectivity index (χ3n) is 4.24. The van der Waals surface area contributed by atoms with Gasteiger partial charge in [-0.25, -0.2) is 0 Å². The standard InChI is InChI=1S/C21H41NO/c1-3-5-6-7-8-9-10-11-12-13-14-15-16-17-18-20-22-21(23)19-4-2/h11-12H,3-10,13-20H2,1-2H3,(H,22,23)/b12-11+. The Morgan fingerprint density at radius 1 is 0.696 bits per heavy atom. The second kappa shape index (κ2) is 19.3. The summed E-state index contributed by atoms with van der Waals surface area (Å²) in [6.45, 7) is 5.17. The first-order valence-electron chi connectivity index (χ1n) is 10.2. The van der Waals surface area contributed by atoms with E-state index in [9.17, 15) is 4.79 Å². The molecule has 1 N–H and O–H groups in total. The molecule has 2 heteroatoms. The number of nitrogens with one attached hydrogen (secondary N) is 1. The molecule has 0 aromatic carbocycles. The van der Waals surface area contributed by atoms with Crippen LogP contribution in [0.2, 0.25) is 0 Å². The minimum atomic E-state index is 0.211. The third kappa shape index (κ3) is 19.2. The second-order valence-electron chi connectivity index (χ2n) is 6.68. The maximum atomic E-state index is 11.3. The molecule has 0 bridgehead atoms. The fraction of sp³-hybridized carbons (Fsp3) is 0.857. The molecule has 0 aromatic rings. The van der Waals surface area contributed by atoms with Gasteiger partial charge >= 0.3 is 0 Å². The number of allylic oxidation sites excluding steroid dienone is 2. The maximum Gasteiger partial charge on any atom is 0.219 e. The second-order valence-corrected chi connectivity index (χ2v) is 6.68. The van der Waals surface area contributed by atoms with Crippen molar-refractivity contribution in [3.8, 4) is 0 Å². The number of hydrogen-bond acceptors (Lipinski definition) is 1. The number of hydrogen-bond donors (Lipinski definition) is 1. The summed E-state index contributed by atoms with van der Waals surface area (Å²) in [7, 11) is 0. The average Bonchev–Trinajstić information content (AvgIpc) is 2.54. The molecule has 2 nitrogen and oxygen atoms in total. The molecule has 0 spiro atoms. The van der Waals surface area contributed by atoms with E-state index in [1.54, 1.807) is 0 Å². The highest BCUT2D eigenvalue weighted by Crippen LogP contribution is 2.09. The van der Waals surface area contributed by atoms with Gasteiger partial charge in [0.15, 0.2) is 0 Å². The molecule has 136 valence electrons. The summed E-state index contributed by atoms with van der Waals surface area (Å²) in [6, 6.07) is 0. The van der Waals surface area contributed by atoms with E-state index in [4.69, 9.17) is 0 Å². The van der Waals surface area contributed by atoms with Gasteiger partial charge in [0.2, 0.25) is 5.91 Å². The molecular formula is C21H41NO. The number of carbonyl (C=O) groups is 1. The Bertz CT molecular complexity index is 273. The number of carbonyl (C=O) groups excluding carboxylic acids is 1. The highest BCUT2D eigenvalue weighted by atomic mass is 16.1. The fourth-order valence-corrected chi connectivity index (χ4v) is 2.74. The Morgan fingerprint density at radius 3 is 1.78 bits per heavy atom. The molecule has 0 aliphatic rings. The van der Waals surface area contributed by atoms with Crippen molar-refractivity contribution in [2.45, 2.75) is 110 Å². The summed E-state index contributed by atoms with van der Waals surface area (Å²) < 4.78 is 0. The zero-order valence-electron chi connectivity index (χ0n) is 15.9. The van der Waals surface area contributed by atoms with Gasteiger partial charge < -0.3 is 5.32 Å². The van der Waals surface area contributed by atoms with Gasteiger partial charge in [0.1, 0.15) is 0 Å². The van der Waals surface area contributed by atoms with E-state index in [2.05, 4.69) is 24.4 Å². The molecule has 0 heterocycles. The third-order valence-corrected chi connectivity index (χ3v) is 4.24. The smallest absolute Gasteiger partial charge is 0.219 e. The minimum Gasteiger partial charge on any atom is -0.356 e. The van der Waals surface area contributed by atoms with Crippen molar-refractivity contribution in [3.05, 3.63) is 12.2 Å². The van der Waals surface area contributed by atoms with Crippen LogP contribution in [0.1, 0.15) is 110 Å². The van der Waals surface area contributed by atoms with Crippen LogP contribution in [0.4, 0.5) is 0 Å². The molecular weight excluding hydrogens is 282 g/mol. The normalized spacial score (nSPS) is 11.2. The maximum absolute atomic E-state index is 11.3. The summed E-state index contributed by atoms with van der Waals surface area (Å²) >= 11 is 0. The van der Waals surface area contributed by atoms with Crippen molar-refractivity contribution in [1.82, 2.24) is 5.32 Å². The van der Waals surface area contributed by atoms with Crippen LogP contribution in [0.5, 0.6) is 0 Å². The predicted molar refractivity (Wildman–Crippen MR) is 103 cm³/mol. The van der Waals surface area contributed by atoms with Crippen LogP contribution < -0.4 is 5.32 Å². The van der Waals surface area contributed by atoms with Gasteiger partial charge in [0.25, 0.3) is 0 Å². The molecule has 0 radical (unpaired) electrons. The molecule has 0 fully saturated rings. The van der Waals surface area contributed by atoms with E-state index in [-0.39, 0.29) is 5.91 Å². The van der Waals surface area contributed by atoms with Crippen molar-refractivity contribution >= 4 is 5.91 Å². The number of unbranched alkanes of at least 4 members (excludes halogenated alkanes) is 11. The summed E-state index contributed by atoms with van der Waals surface area (Å²) in [5.74, 6) is 0.211. The molecule has 0 saturated heterocycles. The number of rotatable bonds is 17. The van der Waals surface area contributed by atoms with Crippen LogP contribution in [0.15, 0.2) is 12.2 Å². The van der Waals surface area contributed by atoms with Crippen molar-refractivity contribution in [2.75, 3.05) is 6.54 Å². The van der Waals surface area contributed by atoms with E-state index in [1.165, 1.54) is 77.0 Å². The van der Waals surface area contributed by atoms with Crippen molar-refractivity contribution in [1.29, 1.82) is 0 Å². The van der Waals surface area contributed by atoms with E-state index in [0.717, 1.165) is 19.4 Å². The molecule has 0 rings (SSSR count). The Morgan fingerprint density at radius 2 is 1.22 bits per heavy atom. The van der Waals surface area contributed by atoms with Gasteiger partial charge in [-0.05, 0) is 38.5 Å². The van der Waals surface area contributed by atoms with Gasteiger partial charge in [-0.15, -0.1) is 0 Å². The van der Waals surface area contributed by atoms with Crippen LogP contribution >= 0.6 is 0 Å². The molecule has 0 unspecified atom stereocenters. The molecule has 0 atom stereocenters. The van der Waals surface area contributed by atoms with Gasteiger partial charge in [-0.1, -0.05) is 77.4 Å². The van der Waals surface area contributed by atoms with Gasteiger partial charge in [-0.2, -0.15) is 0 Å². The Labute approximate surface area is 145 Å². The van der Waals surface area contributed by atoms with Crippen LogP contribution in [0, 0.1) is 0 Å². The molecule has 0 aliphatic carbocycles. The fourth-order valence-electron chi connectivity index (χ4n) is 2.74. The van der Waals surface area contributed by atoms with Crippen molar-refractivity contribution in [3.63, 3.8) is 0 Å². The average molecular weight is 324 g/mol. The highest BCUT2D eigenvalue weighted by molar-refractivity contribution is 5.75. The molecule has 0 aliphatic heterocycles. The molecule has 0 aromatic heterocycles. The lowest BCUT2D eigenvalue weighted by Crippen LogP contribution is -2.23. The van der Waals surface area contributed by atoms with Crippen LogP contribution in [-0.4, -0.2) is 12.5 Å². The van der Waals surface area contributed by atoms with E-state index in [0.29, 0.717) is 6.42 Å². The highest BCUT2D eigenvalue weighted by Gasteiger charge is 1.97. The van der Waals surface area contributed by atoms with Crippen LogP contribution in [0.3, 0.4) is 0 Å². The van der Waals surface area contributed by atoms with Crippen LogP contribution in [0.25, 0.3) is 0 Å². The van der Waals surface area contributed by atoms with E-state index < -0.39 is 0 Å². The zero-order chi connectivity index (χ0) is 17.0. The predicted octanol–water partition coefficient (Wildman–Crippen LogP) is 6.55. The Balaban J connectivity index is 3.12. The Hall–Kier alpha value is -0.790. The molecule has 0 saturated carbocycles. The van der Waals surface area contributed by atoms with Gasteiger partial charge in [-0.3, -0.25) is 4.79 Å². The summed E-state index contributed by atoms with van der Waals surface area (Å²) in [5, 5.41) is 2.98. The first-order valence-corrected chi connectivity index (χ1v) is 10.2. The number of amides is 1. The summed E-state index contributed by atoms with van der Waals surface area (Å²) in [5.41, 5.74) is 0.